The molecule has 1 saturated heterocycles. The minimum Gasteiger partial charge on any atom is -0.452 e. The number of halogens is 1. The van der Waals surface area contributed by atoms with E-state index in [0.29, 0.717) is 23.2 Å². The van der Waals surface area contributed by atoms with Crippen molar-refractivity contribution in [3.8, 4) is 17.1 Å². The molecule has 33 heavy (non-hydrogen) atoms. The Morgan fingerprint density at radius 3 is 2.58 bits per heavy atom. The van der Waals surface area contributed by atoms with Crippen LogP contribution < -0.4 is 5.32 Å². The normalized spacial score (nSPS) is 14.1. The Hall–Kier alpha value is -3.73. The van der Waals surface area contributed by atoms with Crippen molar-refractivity contribution in [1.29, 1.82) is 0 Å². The lowest BCUT2D eigenvalue weighted by atomic mass is 10.2. The van der Waals surface area contributed by atoms with Gasteiger partial charge in [0, 0.05) is 18.8 Å². The molecule has 1 atom stereocenters. The number of ether oxygens (including phenoxy) is 1. The molecule has 1 aliphatic heterocycles. The Morgan fingerprint density at radius 1 is 1.15 bits per heavy atom. The maximum Gasteiger partial charge on any atom is 0.324 e. The van der Waals surface area contributed by atoms with Gasteiger partial charge in [0.15, 0.2) is 17.1 Å². The third-order valence-electron chi connectivity index (χ3n) is 4.86. The molecule has 170 valence electrons. The zero-order valence-electron chi connectivity index (χ0n) is 17.6. The minimum atomic E-state index is -1.11. The summed E-state index contributed by atoms with van der Waals surface area (Å²) in [5.74, 6) is -1.56. The highest BCUT2D eigenvalue weighted by Gasteiger charge is 2.31. The van der Waals surface area contributed by atoms with E-state index in [4.69, 9.17) is 4.74 Å². The Balaban J connectivity index is 1.50. The lowest BCUT2D eigenvalue weighted by Crippen LogP contribution is -2.42. The topological polar surface area (TPSA) is 106 Å². The number of urea groups is 1. The first-order valence-corrected chi connectivity index (χ1v) is 11.1. The number of nitrogens with zero attached hydrogens (tertiary/aromatic N) is 4. The highest BCUT2D eigenvalue weighted by molar-refractivity contribution is 7.99. The highest BCUT2D eigenvalue weighted by atomic mass is 32.2. The number of hydrogen-bond donors (Lipinski definition) is 1. The van der Waals surface area contributed by atoms with Crippen molar-refractivity contribution in [3.63, 3.8) is 0 Å². The van der Waals surface area contributed by atoms with Crippen LogP contribution in [0.15, 0.2) is 59.8 Å². The van der Waals surface area contributed by atoms with Gasteiger partial charge in [-0.3, -0.25) is 19.1 Å². The summed E-state index contributed by atoms with van der Waals surface area (Å²) < 4.78 is 21.3. The summed E-state index contributed by atoms with van der Waals surface area (Å²) >= 11 is 1.05. The zero-order valence-corrected chi connectivity index (χ0v) is 18.4. The van der Waals surface area contributed by atoms with Crippen LogP contribution in [-0.4, -0.2) is 62.5 Å². The average molecular weight is 469 g/mol. The number of esters is 1. The van der Waals surface area contributed by atoms with Gasteiger partial charge in [-0.2, -0.15) is 0 Å². The maximum atomic E-state index is 14.4. The second-order valence-corrected chi connectivity index (χ2v) is 8.04. The quantitative estimate of drug-likeness (QED) is 0.419. The van der Waals surface area contributed by atoms with Crippen molar-refractivity contribution in [2.45, 2.75) is 18.2 Å². The summed E-state index contributed by atoms with van der Waals surface area (Å²) in [4.78, 5) is 37.3. The monoisotopic (exact) mass is 469 g/mol. The molecule has 0 aliphatic carbocycles. The number of carbonyl (C=O) groups is 3. The lowest BCUT2D eigenvalue weighted by Gasteiger charge is -2.18. The summed E-state index contributed by atoms with van der Waals surface area (Å²) in [5, 5.41) is 11.2. The van der Waals surface area contributed by atoms with E-state index < -0.39 is 29.8 Å². The van der Waals surface area contributed by atoms with Crippen LogP contribution in [0.5, 0.6) is 0 Å². The zero-order chi connectivity index (χ0) is 23.4. The second-order valence-electron chi connectivity index (χ2n) is 7.10. The van der Waals surface area contributed by atoms with Gasteiger partial charge in [0.25, 0.3) is 5.91 Å². The number of thioether (sulfide) groups is 1. The standard InChI is InChI=1S/C22H20FN5O4S/c1-14(20(30)27-12-11-24-21(27)31)32-18(29)13-33-22-26-25-19(16-9-5-6-10-17(16)23)28(22)15-7-3-2-4-8-15/h2-10,14H,11-13H2,1H3,(H,24,31). The van der Waals surface area contributed by atoms with E-state index >= 15 is 0 Å². The molecule has 2 heterocycles. The first-order chi connectivity index (χ1) is 16.0. The molecule has 1 aromatic heterocycles. The van der Waals surface area contributed by atoms with Crippen LogP contribution in [0.1, 0.15) is 6.92 Å². The van der Waals surface area contributed by atoms with Crippen molar-refractivity contribution in [1.82, 2.24) is 25.0 Å². The van der Waals surface area contributed by atoms with Gasteiger partial charge in [-0.05, 0) is 31.2 Å². The number of benzene rings is 2. The summed E-state index contributed by atoms with van der Waals surface area (Å²) in [6.07, 6.45) is -1.11. The number of hydrogen-bond acceptors (Lipinski definition) is 7. The minimum absolute atomic E-state index is 0.161. The van der Waals surface area contributed by atoms with Gasteiger partial charge in [0.05, 0.1) is 11.3 Å². The van der Waals surface area contributed by atoms with Crippen LogP contribution in [0, 0.1) is 5.82 Å². The van der Waals surface area contributed by atoms with Gasteiger partial charge in [0.2, 0.25) is 0 Å². The third kappa shape index (κ3) is 4.87. The molecule has 3 aromatic rings. The summed E-state index contributed by atoms with van der Waals surface area (Å²) in [6, 6.07) is 14.8. The van der Waals surface area contributed by atoms with Crippen LogP contribution in [-0.2, 0) is 14.3 Å². The molecule has 0 spiro atoms. The molecule has 1 unspecified atom stereocenters. The molecule has 9 nitrogen and oxygen atoms in total. The van der Waals surface area contributed by atoms with Crippen molar-refractivity contribution in [2.24, 2.45) is 0 Å². The number of nitrogens with one attached hydrogen (secondary N) is 1. The van der Waals surface area contributed by atoms with Crippen LogP contribution in [0.2, 0.25) is 0 Å². The van der Waals surface area contributed by atoms with Crippen LogP contribution in [0.3, 0.4) is 0 Å². The molecular weight excluding hydrogens is 449 g/mol. The van der Waals surface area contributed by atoms with E-state index in [2.05, 4.69) is 15.5 Å². The molecule has 0 radical (unpaired) electrons. The SMILES string of the molecule is CC(OC(=O)CSc1nnc(-c2ccccc2F)n1-c1ccccc1)C(=O)N1CCNC1=O. The molecule has 0 bridgehead atoms. The summed E-state index contributed by atoms with van der Waals surface area (Å²) in [6.45, 7) is 2.01. The second kappa shape index (κ2) is 9.82. The van der Waals surface area contributed by atoms with E-state index in [-0.39, 0.29) is 17.9 Å². The molecule has 2 aromatic carbocycles. The largest absolute Gasteiger partial charge is 0.452 e. The summed E-state index contributed by atoms with van der Waals surface area (Å²) in [7, 11) is 0. The van der Waals surface area contributed by atoms with Gasteiger partial charge >= 0.3 is 12.0 Å². The number of carbonyl (C=O) groups excluding carboxylic acids is 3. The molecule has 0 saturated carbocycles. The van der Waals surface area contributed by atoms with Crippen LogP contribution in [0.25, 0.3) is 17.1 Å². The molecule has 1 N–H and O–H groups in total. The van der Waals surface area contributed by atoms with Crippen molar-refractivity contribution in [2.75, 3.05) is 18.8 Å². The Bertz CT molecular complexity index is 1190. The van der Waals surface area contributed by atoms with E-state index in [9.17, 15) is 18.8 Å². The number of para-hydroxylation sites is 1. The third-order valence-corrected chi connectivity index (χ3v) is 5.76. The maximum absolute atomic E-state index is 14.4. The smallest absolute Gasteiger partial charge is 0.324 e. The molecule has 1 aliphatic rings. The first-order valence-electron chi connectivity index (χ1n) is 10.1. The number of rotatable bonds is 7. The lowest BCUT2D eigenvalue weighted by molar-refractivity contribution is -0.155. The number of aromatic nitrogens is 3. The predicted molar refractivity (Wildman–Crippen MR) is 118 cm³/mol. The van der Waals surface area contributed by atoms with E-state index in [0.717, 1.165) is 16.7 Å². The van der Waals surface area contributed by atoms with Crippen molar-refractivity contribution in [3.05, 3.63) is 60.4 Å². The summed E-state index contributed by atoms with van der Waals surface area (Å²) in [5.41, 5.74) is 0.964. The highest BCUT2D eigenvalue weighted by Crippen LogP contribution is 2.29. The number of imide groups is 1. The molecule has 11 heteroatoms. The van der Waals surface area contributed by atoms with E-state index in [1.807, 2.05) is 30.3 Å². The van der Waals surface area contributed by atoms with E-state index in [1.54, 1.807) is 22.8 Å². The fourth-order valence-electron chi connectivity index (χ4n) is 3.30. The van der Waals surface area contributed by atoms with Crippen molar-refractivity contribution < 1.29 is 23.5 Å². The molecular formula is C22H20FN5O4S. The van der Waals surface area contributed by atoms with Gasteiger partial charge in [0.1, 0.15) is 5.82 Å². The fourth-order valence-corrected chi connectivity index (χ4v) is 4.03. The van der Waals surface area contributed by atoms with Crippen molar-refractivity contribution >= 4 is 29.7 Å². The van der Waals surface area contributed by atoms with Gasteiger partial charge < -0.3 is 10.1 Å². The molecule has 3 amide bonds. The Labute approximate surface area is 192 Å². The van der Waals surface area contributed by atoms with Crippen LogP contribution in [0.4, 0.5) is 9.18 Å². The first kappa shape index (κ1) is 22.5. The predicted octanol–water partition coefficient (Wildman–Crippen LogP) is 2.65. The average Bonchev–Trinajstić information content (AvgIpc) is 3.44. The molecule has 1 fully saturated rings. The van der Waals surface area contributed by atoms with Crippen LogP contribution >= 0.6 is 11.8 Å². The van der Waals surface area contributed by atoms with Gasteiger partial charge in [-0.15, -0.1) is 10.2 Å². The van der Waals surface area contributed by atoms with Gasteiger partial charge in [-0.1, -0.05) is 42.1 Å². The fraction of sp³-hybridized carbons (Fsp3) is 0.227. The number of amides is 3. The Morgan fingerprint density at radius 2 is 1.88 bits per heavy atom. The van der Waals surface area contributed by atoms with E-state index in [1.165, 1.54) is 13.0 Å². The Kier molecular flexibility index (Phi) is 6.68. The van der Waals surface area contributed by atoms with Gasteiger partial charge in [-0.25, -0.2) is 9.18 Å². The molecule has 4 rings (SSSR count).